The first-order valence-corrected chi connectivity index (χ1v) is 13.2. The van der Waals surface area contributed by atoms with E-state index in [0.29, 0.717) is 19.0 Å². The molecule has 15 heteroatoms. The second-order valence-corrected chi connectivity index (χ2v) is 9.55. The Kier molecular flexibility index (Phi) is 18.4. The van der Waals surface area contributed by atoms with Crippen molar-refractivity contribution in [1.29, 1.82) is 0 Å². The van der Waals surface area contributed by atoms with Gasteiger partial charge in [-0.1, -0.05) is 0 Å². The highest BCUT2D eigenvalue weighted by atomic mass is 32.2. The summed E-state index contributed by atoms with van der Waals surface area (Å²) in [6.45, 7) is 4.06. The molecule has 0 heterocycles. The molecule has 0 aliphatic heterocycles. The summed E-state index contributed by atoms with van der Waals surface area (Å²) in [5.41, 5.74) is 5.84. The lowest BCUT2D eigenvalue weighted by Crippen LogP contribution is -2.43. The number of carbonyl (C=O) groups is 3. The minimum atomic E-state index is -4.03. The molecule has 2 unspecified atom stereocenters. The minimum absolute atomic E-state index is 0.0362. The van der Waals surface area contributed by atoms with Gasteiger partial charge in [-0.3, -0.25) is 18.9 Å². The van der Waals surface area contributed by atoms with Gasteiger partial charge in [0, 0.05) is 31.9 Å². The summed E-state index contributed by atoms with van der Waals surface area (Å²) >= 11 is 1.30. The summed E-state index contributed by atoms with van der Waals surface area (Å²) in [4.78, 5) is 51.3. The van der Waals surface area contributed by atoms with Gasteiger partial charge in [0.05, 0.1) is 51.8 Å². The molecule has 194 valence electrons. The van der Waals surface area contributed by atoms with Crippen LogP contribution in [-0.4, -0.2) is 110 Å². The fourth-order valence-electron chi connectivity index (χ4n) is 2.07. The molecule has 0 aliphatic rings. The number of nitrogens with one attached hydrogen (secondary N) is 1. The molecule has 13 nitrogen and oxygen atoms in total. The van der Waals surface area contributed by atoms with Crippen LogP contribution in [0.5, 0.6) is 0 Å². The first-order chi connectivity index (χ1) is 15.5. The van der Waals surface area contributed by atoms with Gasteiger partial charge in [-0.15, -0.1) is 0 Å². The lowest BCUT2D eigenvalue weighted by Gasteiger charge is -2.17. The van der Waals surface area contributed by atoms with Crippen LogP contribution in [0.1, 0.15) is 13.8 Å². The van der Waals surface area contributed by atoms with Gasteiger partial charge in [0.15, 0.2) is 0 Å². The van der Waals surface area contributed by atoms with Crippen molar-refractivity contribution in [1.82, 2.24) is 5.32 Å². The van der Waals surface area contributed by atoms with Crippen LogP contribution in [0.2, 0.25) is 0 Å². The van der Waals surface area contributed by atoms with E-state index in [1.165, 1.54) is 25.6 Å². The summed E-state index contributed by atoms with van der Waals surface area (Å²) in [7, 11) is -4.03. The highest BCUT2D eigenvalue weighted by Crippen LogP contribution is 2.33. The molecule has 0 saturated carbocycles. The summed E-state index contributed by atoms with van der Waals surface area (Å²) in [6.07, 6.45) is -0.941. The smallest absolute Gasteiger partial charge is 0.327 e. The quantitative estimate of drug-likeness (QED) is 0.0861. The Hall–Kier alpha value is -1.25. The fourth-order valence-corrected chi connectivity index (χ4v) is 3.40. The first kappa shape index (κ1) is 31.8. The highest BCUT2D eigenvalue weighted by molar-refractivity contribution is 7.99. The van der Waals surface area contributed by atoms with Crippen LogP contribution in [0.15, 0.2) is 0 Å². The molecule has 0 aliphatic carbocycles. The van der Waals surface area contributed by atoms with Gasteiger partial charge >= 0.3 is 19.5 Å². The number of esters is 2. The Morgan fingerprint density at radius 2 is 1.52 bits per heavy atom. The van der Waals surface area contributed by atoms with E-state index in [0.717, 1.165) is 0 Å². The maximum Gasteiger partial charge on any atom is 0.327 e. The Morgan fingerprint density at radius 1 is 0.939 bits per heavy atom. The van der Waals surface area contributed by atoms with Crippen LogP contribution in [0.4, 0.5) is 0 Å². The second-order valence-electron chi connectivity index (χ2n) is 6.69. The van der Waals surface area contributed by atoms with E-state index in [2.05, 4.69) is 5.32 Å². The molecule has 0 rings (SSSR count). The average molecular weight is 519 g/mol. The van der Waals surface area contributed by atoms with Crippen molar-refractivity contribution in [3.63, 3.8) is 0 Å². The normalized spacial score (nSPS) is 13.2. The van der Waals surface area contributed by atoms with Gasteiger partial charge in [0.1, 0.15) is 12.7 Å². The Balaban J connectivity index is 3.71. The first-order valence-electron chi connectivity index (χ1n) is 10.2. The molecule has 0 bridgehead atoms. The monoisotopic (exact) mass is 518 g/mol. The van der Waals surface area contributed by atoms with E-state index in [-0.39, 0.29) is 57.4 Å². The Labute approximate surface area is 197 Å². The molecule has 2 atom stereocenters. The third-order valence-electron chi connectivity index (χ3n) is 3.56. The van der Waals surface area contributed by atoms with Crippen molar-refractivity contribution >= 4 is 37.2 Å². The molecule has 0 aromatic carbocycles. The van der Waals surface area contributed by atoms with Crippen LogP contribution >= 0.6 is 19.4 Å². The van der Waals surface area contributed by atoms with Crippen molar-refractivity contribution in [2.24, 2.45) is 5.73 Å². The van der Waals surface area contributed by atoms with E-state index >= 15 is 0 Å². The minimum Gasteiger partial charge on any atom is -0.462 e. The maximum atomic E-state index is 12.0. The topological polar surface area (TPSA) is 193 Å². The van der Waals surface area contributed by atoms with Crippen LogP contribution < -0.4 is 11.1 Å². The fraction of sp³-hybridized carbons (Fsp3) is 0.833. The summed E-state index contributed by atoms with van der Waals surface area (Å²) in [5.74, 6) is -0.710. The molecule has 0 radical (unpaired) electrons. The third kappa shape index (κ3) is 22.3. The van der Waals surface area contributed by atoms with Gasteiger partial charge < -0.3 is 44.5 Å². The highest BCUT2D eigenvalue weighted by Gasteiger charge is 2.17. The predicted octanol–water partition coefficient (Wildman–Crippen LogP) is -1.11. The van der Waals surface area contributed by atoms with Crippen LogP contribution in [0.3, 0.4) is 0 Å². The molecule has 1 amide bonds. The standard InChI is InChI=1S/C18H35N2O11PS/c1-14(21)30-11-16(31-15(2)22)12-33-13-17(19)18(23)20-3-4-27-5-6-28-7-8-29-9-10-32(24,25)26/h16-17H,3-13,19H2,1-2H3,(H,20,23)(H2,24,25,26). The number of ether oxygens (including phenoxy) is 5. The zero-order chi connectivity index (χ0) is 25.1. The molecule has 33 heavy (non-hydrogen) atoms. The zero-order valence-electron chi connectivity index (χ0n) is 18.9. The van der Waals surface area contributed by atoms with Crippen molar-refractivity contribution in [2.75, 3.05) is 70.5 Å². The molecule has 0 aromatic rings. The molecular formula is C18H35N2O11PS. The number of rotatable bonds is 20. The molecule has 0 fully saturated rings. The second kappa shape index (κ2) is 19.1. The van der Waals surface area contributed by atoms with Gasteiger partial charge in [0.25, 0.3) is 0 Å². The van der Waals surface area contributed by atoms with Crippen molar-refractivity contribution < 1.29 is 52.4 Å². The van der Waals surface area contributed by atoms with Gasteiger partial charge in [-0.25, -0.2) is 0 Å². The molecule has 5 N–H and O–H groups in total. The average Bonchev–Trinajstić information content (AvgIpc) is 2.71. The predicted molar refractivity (Wildman–Crippen MR) is 120 cm³/mol. The Morgan fingerprint density at radius 3 is 2.06 bits per heavy atom. The van der Waals surface area contributed by atoms with Gasteiger partial charge in [-0.2, -0.15) is 11.8 Å². The number of amides is 1. The zero-order valence-corrected chi connectivity index (χ0v) is 20.6. The van der Waals surface area contributed by atoms with E-state index < -0.39 is 31.7 Å². The van der Waals surface area contributed by atoms with Crippen LogP contribution in [0.25, 0.3) is 0 Å². The molecule has 0 saturated heterocycles. The van der Waals surface area contributed by atoms with E-state index in [1.807, 2.05) is 0 Å². The van der Waals surface area contributed by atoms with Gasteiger partial charge in [0.2, 0.25) is 5.91 Å². The van der Waals surface area contributed by atoms with Crippen molar-refractivity contribution in [3.8, 4) is 0 Å². The summed E-state index contributed by atoms with van der Waals surface area (Å²) < 4.78 is 36.1. The van der Waals surface area contributed by atoms with Crippen molar-refractivity contribution in [3.05, 3.63) is 0 Å². The number of thioether (sulfide) groups is 1. The Bertz CT molecular complexity index is 620. The van der Waals surface area contributed by atoms with E-state index in [9.17, 15) is 18.9 Å². The maximum absolute atomic E-state index is 12.0. The van der Waals surface area contributed by atoms with E-state index in [1.54, 1.807) is 0 Å². The number of hydrogen-bond acceptors (Lipinski definition) is 11. The SMILES string of the molecule is CC(=O)OCC(CSCC(N)C(=O)NCCOCCOCCOCCP(=O)(O)O)OC(C)=O. The molecule has 0 aromatic heterocycles. The lowest BCUT2D eigenvalue weighted by atomic mass is 10.3. The number of hydrogen-bond donors (Lipinski definition) is 4. The van der Waals surface area contributed by atoms with Gasteiger partial charge in [-0.05, 0) is 0 Å². The largest absolute Gasteiger partial charge is 0.462 e. The number of carbonyl (C=O) groups excluding carboxylic acids is 3. The van der Waals surface area contributed by atoms with Crippen LogP contribution in [-0.2, 0) is 42.6 Å². The number of nitrogens with two attached hydrogens (primary N) is 1. The molecular weight excluding hydrogens is 483 g/mol. The molecule has 0 spiro atoms. The van der Waals surface area contributed by atoms with Crippen LogP contribution in [0, 0.1) is 0 Å². The summed E-state index contributed by atoms with van der Waals surface area (Å²) in [6, 6.07) is -0.768. The third-order valence-corrected chi connectivity index (χ3v) is 5.53. The summed E-state index contributed by atoms with van der Waals surface area (Å²) in [5, 5.41) is 2.65. The van der Waals surface area contributed by atoms with E-state index in [4.69, 9.17) is 39.2 Å². The van der Waals surface area contributed by atoms with Crippen molar-refractivity contribution in [2.45, 2.75) is 26.0 Å². The lowest BCUT2D eigenvalue weighted by molar-refractivity contribution is -0.154.